The van der Waals surface area contributed by atoms with E-state index in [1.165, 1.54) is 6.26 Å². The van der Waals surface area contributed by atoms with Crippen LogP contribution in [0, 0.1) is 0 Å². The highest BCUT2D eigenvalue weighted by Crippen LogP contribution is 2.07. The summed E-state index contributed by atoms with van der Waals surface area (Å²) in [5.74, 6) is 1.53. The maximum Gasteiger partial charge on any atom is 0.149 e. The lowest BCUT2D eigenvalue weighted by molar-refractivity contribution is 0.602. The lowest BCUT2D eigenvalue weighted by Gasteiger charge is -2.06. The van der Waals surface area contributed by atoms with E-state index in [-0.39, 0.29) is 5.75 Å². The molecule has 0 radical (unpaired) electrons. The van der Waals surface area contributed by atoms with Crippen molar-refractivity contribution in [2.75, 3.05) is 36.2 Å². The van der Waals surface area contributed by atoms with Crippen molar-refractivity contribution in [2.45, 2.75) is 0 Å². The Kier molecular flexibility index (Phi) is 3.90. The molecule has 84 valence electrons. The fourth-order valence-electron chi connectivity index (χ4n) is 1.04. The number of pyridine rings is 1. The van der Waals surface area contributed by atoms with E-state index < -0.39 is 9.84 Å². The van der Waals surface area contributed by atoms with E-state index in [4.69, 9.17) is 0 Å². The summed E-state index contributed by atoms with van der Waals surface area (Å²) in [6.45, 7) is 0.374. The monoisotopic (exact) mass is 229 g/mol. The number of nitrogens with zero attached hydrogens (tertiary/aromatic N) is 1. The largest absolute Gasteiger partial charge is 0.373 e. The second-order valence-electron chi connectivity index (χ2n) is 3.21. The zero-order valence-corrected chi connectivity index (χ0v) is 9.63. The second-order valence-corrected chi connectivity index (χ2v) is 5.47. The molecule has 0 aliphatic rings. The summed E-state index contributed by atoms with van der Waals surface area (Å²) in [5.41, 5.74) is 0. The smallest absolute Gasteiger partial charge is 0.149 e. The van der Waals surface area contributed by atoms with Crippen LogP contribution in [0.5, 0.6) is 0 Å². The van der Waals surface area contributed by atoms with E-state index in [1.54, 1.807) is 13.1 Å². The molecule has 0 saturated carbocycles. The fourth-order valence-corrected chi connectivity index (χ4v) is 1.51. The van der Waals surface area contributed by atoms with Crippen LogP contribution in [-0.2, 0) is 9.84 Å². The second kappa shape index (κ2) is 4.97. The third kappa shape index (κ3) is 4.64. The fraction of sp³-hybridized carbons (Fsp3) is 0.444. The zero-order valence-electron chi connectivity index (χ0n) is 8.82. The quantitative estimate of drug-likeness (QED) is 0.773. The number of hydrogen-bond donors (Lipinski definition) is 2. The Bertz CT molecular complexity index is 417. The Balaban J connectivity index is 2.51. The summed E-state index contributed by atoms with van der Waals surface area (Å²) in [6, 6.07) is 5.48. The predicted octanol–water partition coefficient (Wildman–Crippen LogP) is 0.580. The third-order valence-electron chi connectivity index (χ3n) is 1.78. The van der Waals surface area contributed by atoms with Crippen molar-refractivity contribution in [3.8, 4) is 0 Å². The van der Waals surface area contributed by atoms with Gasteiger partial charge in [0.2, 0.25) is 0 Å². The van der Waals surface area contributed by atoms with Crippen molar-refractivity contribution in [1.82, 2.24) is 4.98 Å². The minimum atomic E-state index is -2.92. The van der Waals surface area contributed by atoms with Crippen LogP contribution in [-0.4, -0.2) is 39.0 Å². The first-order valence-corrected chi connectivity index (χ1v) is 6.64. The van der Waals surface area contributed by atoms with Crippen LogP contribution in [0.3, 0.4) is 0 Å². The summed E-state index contributed by atoms with van der Waals surface area (Å²) in [7, 11) is -1.14. The molecule has 1 aromatic heterocycles. The highest BCUT2D eigenvalue weighted by atomic mass is 32.2. The minimum Gasteiger partial charge on any atom is -0.373 e. The van der Waals surface area contributed by atoms with Crippen LogP contribution in [0.4, 0.5) is 11.6 Å². The Morgan fingerprint density at radius 1 is 1.33 bits per heavy atom. The Morgan fingerprint density at radius 3 is 2.60 bits per heavy atom. The standard InChI is InChI=1S/C9H15N3O2S/c1-10-8-4-3-5-9(12-8)11-6-7-15(2,13)14/h3-5H,6-7H2,1-2H3,(H2,10,11,12). The van der Waals surface area contributed by atoms with Gasteiger partial charge >= 0.3 is 0 Å². The van der Waals surface area contributed by atoms with Crippen LogP contribution in [0.2, 0.25) is 0 Å². The minimum absolute atomic E-state index is 0.110. The molecular formula is C9H15N3O2S. The molecular weight excluding hydrogens is 214 g/mol. The highest BCUT2D eigenvalue weighted by Gasteiger charge is 2.01. The molecule has 1 aromatic rings. The Hall–Kier alpha value is -1.30. The number of nitrogens with one attached hydrogen (secondary N) is 2. The summed E-state index contributed by atoms with van der Waals surface area (Å²) in [6.07, 6.45) is 1.21. The van der Waals surface area contributed by atoms with Crippen molar-refractivity contribution in [1.29, 1.82) is 0 Å². The van der Waals surface area contributed by atoms with Crippen LogP contribution >= 0.6 is 0 Å². The van der Waals surface area contributed by atoms with E-state index in [2.05, 4.69) is 15.6 Å². The van der Waals surface area contributed by atoms with Crippen molar-refractivity contribution in [2.24, 2.45) is 0 Å². The van der Waals surface area contributed by atoms with Gasteiger partial charge < -0.3 is 10.6 Å². The van der Waals surface area contributed by atoms with Gasteiger partial charge in [0.25, 0.3) is 0 Å². The summed E-state index contributed by atoms with van der Waals surface area (Å²) in [5, 5.41) is 5.85. The molecule has 0 fully saturated rings. The lowest BCUT2D eigenvalue weighted by Crippen LogP contribution is -2.14. The van der Waals surface area contributed by atoms with Crippen molar-refractivity contribution < 1.29 is 8.42 Å². The van der Waals surface area contributed by atoms with Crippen LogP contribution < -0.4 is 10.6 Å². The number of anilines is 2. The molecule has 1 rings (SSSR count). The Labute approximate surface area is 89.8 Å². The zero-order chi connectivity index (χ0) is 11.3. The van der Waals surface area contributed by atoms with Crippen LogP contribution in [0.1, 0.15) is 0 Å². The van der Waals surface area contributed by atoms with Gasteiger partial charge in [-0.25, -0.2) is 13.4 Å². The summed E-state index contributed by atoms with van der Waals surface area (Å²) < 4.78 is 21.7. The summed E-state index contributed by atoms with van der Waals surface area (Å²) >= 11 is 0. The number of sulfone groups is 1. The first-order chi connectivity index (χ1) is 7.01. The molecule has 0 atom stereocenters. The number of hydrogen-bond acceptors (Lipinski definition) is 5. The van der Waals surface area contributed by atoms with Crippen LogP contribution in [0.15, 0.2) is 18.2 Å². The highest BCUT2D eigenvalue weighted by molar-refractivity contribution is 7.90. The van der Waals surface area contributed by atoms with E-state index in [0.29, 0.717) is 12.4 Å². The SMILES string of the molecule is CNc1cccc(NCCS(C)(=O)=O)n1. The topological polar surface area (TPSA) is 71.1 Å². The van der Waals surface area contributed by atoms with E-state index in [0.717, 1.165) is 5.82 Å². The molecule has 5 nitrogen and oxygen atoms in total. The maximum absolute atomic E-state index is 10.9. The molecule has 0 unspecified atom stereocenters. The molecule has 0 aliphatic heterocycles. The molecule has 0 saturated heterocycles. The molecule has 1 heterocycles. The normalized spacial score (nSPS) is 11.1. The van der Waals surface area contributed by atoms with Crippen LogP contribution in [0.25, 0.3) is 0 Å². The van der Waals surface area contributed by atoms with Crippen molar-refractivity contribution in [3.05, 3.63) is 18.2 Å². The van der Waals surface area contributed by atoms with Gasteiger partial charge in [-0.3, -0.25) is 0 Å². The number of rotatable bonds is 5. The first kappa shape index (κ1) is 11.8. The van der Waals surface area contributed by atoms with E-state index >= 15 is 0 Å². The van der Waals surface area contributed by atoms with Gasteiger partial charge in [-0.15, -0.1) is 0 Å². The molecule has 0 aliphatic carbocycles. The number of aromatic nitrogens is 1. The maximum atomic E-state index is 10.9. The van der Waals surface area contributed by atoms with Gasteiger partial charge in [-0.1, -0.05) is 6.07 Å². The van der Waals surface area contributed by atoms with Gasteiger partial charge in [0, 0.05) is 19.8 Å². The van der Waals surface area contributed by atoms with E-state index in [9.17, 15) is 8.42 Å². The first-order valence-electron chi connectivity index (χ1n) is 4.58. The third-order valence-corrected chi connectivity index (χ3v) is 2.73. The molecule has 15 heavy (non-hydrogen) atoms. The predicted molar refractivity (Wildman–Crippen MR) is 62.0 cm³/mol. The molecule has 6 heteroatoms. The van der Waals surface area contributed by atoms with E-state index in [1.807, 2.05) is 12.1 Å². The van der Waals surface area contributed by atoms with Crippen molar-refractivity contribution >= 4 is 21.5 Å². The summed E-state index contributed by atoms with van der Waals surface area (Å²) in [4.78, 5) is 4.19. The average molecular weight is 229 g/mol. The molecule has 0 aromatic carbocycles. The molecule has 2 N–H and O–H groups in total. The Morgan fingerprint density at radius 2 is 2.00 bits per heavy atom. The molecule has 0 bridgehead atoms. The molecule has 0 amide bonds. The van der Waals surface area contributed by atoms with Crippen molar-refractivity contribution in [3.63, 3.8) is 0 Å². The van der Waals surface area contributed by atoms with Gasteiger partial charge in [-0.05, 0) is 12.1 Å². The average Bonchev–Trinajstić information content (AvgIpc) is 2.16. The van der Waals surface area contributed by atoms with Gasteiger partial charge in [0.05, 0.1) is 5.75 Å². The van der Waals surface area contributed by atoms with Gasteiger partial charge in [-0.2, -0.15) is 0 Å². The lowest BCUT2D eigenvalue weighted by atomic mass is 10.4. The van der Waals surface area contributed by atoms with Gasteiger partial charge in [0.1, 0.15) is 21.5 Å². The molecule has 0 spiro atoms. The van der Waals surface area contributed by atoms with Gasteiger partial charge in [0.15, 0.2) is 0 Å².